The number of Topliss-reactive ketones (excluding diaryl/α,β-unsaturated/α-hetero) is 1. The average molecular weight is 503 g/mol. The minimum absolute atomic E-state index is 0.00872. The van der Waals surface area contributed by atoms with Crippen LogP contribution in [0.15, 0.2) is 59.5 Å². The summed E-state index contributed by atoms with van der Waals surface area (Å²) in [5.41, 5.74) is 1.65. The predicted molar refractivity (Wildman–Crippen MR) is 133 cm³/mol. The van der Waals surface area contributed by atoms with Crippen molar-refractivity contribution in [2.24, 2.45) is 5.92 Å². The first kappa shape index (κ1) is 28.2. The Morgan fingerprint density at radius 1 is 0.971 bits per heavy atom. The molecule has 35 heavy (non-hydrogen) atoms. The highest BCUT2D eigenvalue weighted by molar-refractivity contribution is 7.89. The number of nitrogens with one attached hydrogen (secondary N) is 1. The van der Waals surface area contributed by atoms with Crippen molar-refractivity contribution in [3.05, 3.63) is 65.7 Å². The average Bonchev–Trinajstić information content (AvgIpc) is 2.80. The van der Waals surface area contributed by atoms with Crippen molar-refractivity contribution in [3.63, 3.8) is 0 Å². The van der Waals surface area contributed by atoms with E-state index in [9.17, 15) is 27.9 Å². The number of carboxylic acid groups (broad SMARTS) is 1. The lowest BCUT2D eigenvalue weighted by atomic mass is 10.1. The quantitative estimate of drug-likeness (QED) is 0.302. The van der Waals surface area contributed by atoms with Crippen molar-refractivity contribution in [1.29, 1.82) is 0 Å². The number of hydrogen-bond acceptors (Lipinski definition) is 5. The first-order chi connectivity index (χ1) is 16.5. The monoisotopic (exact) mass is 502 g/mol. The number of nitrogens with zero attached hydrogens (tertiary/aromatic N) is 1. The number of ketones is 1. The Labute approximate surface area is 207 Å². The molecular formula is C26H34N2O6S. The minimum atomic E-state index is -4.02. The second-order valence-corrected chi connectivity index (χ2v) is 10.9. The van der Waals surface area contributed by atoms with Crippen molar-refractivity contribution < 1.29 is 27.9 Å². The minimum Gasteiger partial charge on any atom is -0.480 e. The second kappa shape index (κ2) is 13.2. The Bertz CT molecular complexity index is 1100. The van der Waals surface area contributed by atoms with Crippen LogP contribution >= 0.6 is 0 Å². The van der Waals surface area contributed by atoms with E-state index in [-0.39, 0.29) is 36.7 Å². The summed E-state index contributed by atoms with van der Waals surface area (Å²) in [5, 5.41) is 12.4. The SMILES string of the molecule is Cc1ccc(S(=O)(=O)N(CC(C)C)[C@@H](CCCCNC(=O)C(=O)Cc2ccccc2)C(=O)O)cc1. The molecule has 9 heteroatoms. The van der Waals surface area contributed by atoms with Gasteiger partial charge in [0.05, 0.1) is 4.90 Å². The summed E-state index contributed by atoms with van der Waals surface area (Å²) in [5.74, 6) is -2.53. The van der Waals surface area contributed by atoms with Gasteiger partial charge >= 0.3 is 5.97 Å². The van der Waals surface area contributed by atoms with E-state index >= 15 is 0 Å². The topological polar surface area (TPSA) is 121 Å². The van der Waals surface area contributed by atoms with Gasteiger partial charge in [-0.2, -0.15) is 4.31 Å². The highest BCUT2D eigenvalue weighted by atomic mass is 32.2. The van der Waals surface area contributed by atoms with Crippen LogP contribution in [0.4, 0.5) is 0 Å². The lowest BCUT2D eigenvalue weighted by Gasteiger charge is -2.29. The molecule has 0 saturated heterocycles. The number of carbonyl (C=O) groups excluding carboxylic acids is 2. The van der Waals surface area contributed by atoms with Gasteiger partial charge < -0.3 is 10.4 Å². The summed E-state index contributed by atoms with van der Waals surface area (Å²) in [6.45, 7) is 5.77. The van der Waals surface area contributed by atoms with Crippen LogP contribution in [0, 0.1) is 12.8 Å². The number of carboxylic acids is 1. The summed E-state index contributed by atoms with van der Waals surface area (Å²) in [6.07, 6.45) is 0.867. The Morgan fingerprint density at radius 3 is 2.17 bits per heavy atom. The third-order valence-electron chi connectivity index (χ3n) is 5.46. The number of hydrogen-bond donors (Lipinski definition) is 2. The third kappa shape index (κ3) is 8.60. The van der Waals surface area contributed by atoms with E-state index in [1.54, 1.807) is 36.4 Å². The van der Waals surface area contributed by atoms with Crippen LogP contribution in [0.1, 0.15) is 44.2 Å². The first-order valence-corrected chi connectivity index (χ1v) is 13.1. The molecule has 2 aromatic rings. The van der Waals surface area contributed by atoms with E-state index in [1.165, 1.54) is 12.1 Å². The second-order valence-electron chi connectivity index (χ2n) is 8.97. The number of amides is 1. The largest absolute Gasteiger partial charge is 0.480 e. The smallest absolute Gasteiger partial charge is 0.322 e. The van der Waals surface area contributed by atoms with Gasteiger partial charge in [-0.1, -0.05) is 61.9 Å². The molecule has 2 N–H and O–H groups in total. The van der Waals surface area contributed by atoms with E-state index in [1.807, 2.05) is 26.8 Å². The van der Waals surface area contributed by atoms with Crippen LogP contribution in [0.2, 0.25) is 0 Å². The molecule has 2 rings (SSSR count). The third-order valence-corrected chi connectivity index (χ3v) is 7.34. The van der Waals surface area contributed by atoms with Crippen LogP contribution in [-0.2, 0) is 30.8 Å². The summed E-state index contributed by atoms with van der Waals surface area (Å²) in [4.78, 5) is 36.2. The van der Waals surface area contributed by atoms with E-state index in [0.29, 0.717) is 12.8 Å². The molecule has 0 radical (unpaired) electrons. The highest BCUT2D eigenvalue weighted by Crippen LogP contribution is 2.23. The fraction of sp³-hybridized carbons (Fsp3) is 0.423. The summed E-state index contributed by atoms with van der Waals surface area (Å²) in [6, 6.07) is 14.0. The number of sulfonamides is 1. The van der Waals surface area contributed by atoms with Crippen molar-refractivity contribution in [1.82, 2.24) is 9.62 Å². The molecular weight excluding hydrogens is 468 g/mol. The normalized spacial score (nSPS) is 12.5. The molecule has 0 aliphatic rings. The van der Waals surface area contributed by atoms with Gasteiger partial charge in [0.25, 0.3) is 5.91 Å². The van der Waals surface area contributed by atoms with Gasteiger partial charge in [0.15, 0.2) is 0 Å². The molecule has 0 heterocycles. The van der Waals surface area contributed by atoms with E-state index in [4.69, 9.17) is 0 Å². The van der Waals surface area contributed by atoms with E-state index < -0.39 is 33.7 Å². The van der Waals surface area contributed by atoms with E-state index in [2.05, 4.69) is 5.32 Å². The fourth-order valence-electron chi connectivity index (χ4n) is 3.61. The van der Waals surface area contributed by atoms with Crippen molar-refractivity contribution in [2.45, 2.75) is 57.4 Å². The zero-order valence-corrected chi connectivity index (χ0v) is 21.3. The number of carbonyl (C=O) groups is 3. The molecule has 0 aliphatic heterocycles. The van der Waals surface area contributed by atoms with Crippen molar-refractivity contribution in [3.8, 4) is 0 Å². The van der Waals surface area contributed by atoms with Crippen LogP contribution in [0.25, 0.3) is 0 Å². The van der Waals surface area contributed by atoms with Crippen LogP contribution in [0.5, 0.6) is 0 Å². The summed E-state index contributed by atoms with van der Waals surface area (Å²) >= 11 is 0. The maximum atomic E-state index is 13.3. The molecule has 0 aliphatic carbocycles. The van der Waals surface area contributed by atoms with Gasteiger partial charge in [-0.15, -0.1) is 0 Å². The number of rotatable bonds is 14. The molecule has 0 aromatic heterocycles. The predicted octanol–water partition coefficient (Wildman–Crippen LogP) is 3.19. The Balaban J connectivity index is 1.97. The van der Waals surface area contributed by atoms with E-state index in [0.717, 1.165) is 15.4 Å². The molecule has 0 saturated carbocycles. The summed E-state index contributed by atoms with van der Waals surface area (Å²) in [7, 11) is -4.02. The molecule has 8 nitrogen and oxygen atoms in total. The van der Waals surface area contributed by atoms with Crippen LogP contribution in [0.3, 0.4) is 0 Å². The molecule has 2 aromatic carbocycles. The lowest BCUT2D eigenvalue weighted by Crippen LogP contribution is -2.46. The first-order valence-electron chi connectivity index (χ1n) is 11.7. The Kier molecular flexibility index (Phi) is 10.6. The maximum Gasteiger partial charge on any atom is 0.322 e. The van der Waals surface area contributed by atoms with Crippen LogP contribution < -0.4 is 5.32 Å². The van der Waals surface area contributed by atoms with Gasteiger partial charge in [0.1, 0.15) is 6.04 Å². The Morgan fingerprint density at radius 2 is 1.60 bits per heavy atom. The van der Waals surface area contributed by atoms with Gasteiger partial charge in [-0.25, -0.2) is 8.42 Å². The molecule has 190 valence electrons. The number of unbranched alkanes of at least 4 members (excludes halogenated alkanes) is 1. The number of aryl methyl sites for hydroxylation is 1. The Hall–Kier alpha value is -3.04. The van der Waals surface area contributed by atoms with Crippen molar-refractivity contribution in [2.75, 3.05) is 13.1 Å². The molecule has 0 bridgehead atoms. The molecule has 0 unspecified atom stereocenters. The fourth-order valence-corrected chi connectivity index (χ4v) is 5.39. The lowest BCUT2D eigenvalue weighted by molar-refractivity contribution is -0.141. The van der Waals surface area contributed by atoms with Gasteiger partial charge in [-0.3, -0.25) is 14.4 Å². The zero-order chi connectivity index (χ0) is 26.0. The van der Waals surface area contributed by atoms with Gasteiger partial charge in [0.2, 0.25) is 15.8 Å². The number of benzene rings is 2. The maximum absolute atomic E-state index is 13.3. The zero-order valence-electron chi connectivity index (χ0n) is 20.4. The highest BCUT2D eigenvalue weighted by Gasteiger charge is 2.36. The van der Waals surface area contributed by atoms with Crippen molar-refractivity contribution >= 4 is 27.7 Å². The van der Waals surface area contributed by atoms with Gasteiger partial charge in [-0.05, 0) is 49.8 Å². The molecule has 1 atom stereocenters. The van der Waals surface area contributed by atoms with Gasteiger partial charge in [0, 0.05) is 19.5 Å². The summed E-state index contributed by atoms with van der Waals surface area (Å²) < 4.78 is 27.7. The standard InChI is InChI=1S/C26H34N2O6S/c1-19(2)18-28(35(33,34)22-14-12-20(3)13-15-22)23(26(31)32)11-7-8-16-27-25(30)24(29)17-21-9-5-4-6-10-21/h4-6,9-10,12-15,19,23H,7-8,11,16-18H2,1-3H3,(H,27,30)(H,31,32)/t23-/m0/s1. The molecule has 1 amide bonds. The molecule has 0 fully saturated rings. The van der Waals surface area contributed by atoms with Crippen LogP contribution in [-0.4, -0.2) is 54.6 Å². The molecule has 0 spiro atoms. The number of aliphatic carboxylic acids is 1.